The third-order valence-electron chi connectivity index (χ3n) is 5.76. The second kappa shape index (κ2) is 7.95. The van der Waals surface area contributed by atoms with Crippen molar-refractivity contribution < 1.29 is 4.79 Å². The maximum Gasteiger partial charge on any atom is 0.181 e. The molecule has 4 heterocycles. The maximum atomic E-state index is 11.8. The van der Waals surface area contributed by atoms with Crippen LogP contribution in [-0.4, -0.2) is 33.8 Å². The number of carbonyl (C=O) groups excluding carboxylic acids is 1. The third kappa shape index (κ3) is 3.48. The van der Waals surface area contributed by atoms with E-state index in [9.17, 15) is 4.79 Å². The lowest BCUT2D eigenvalue weighted by atomic mass is 9.93. The van der Waals surface area contributed by atoms with Gasteiger partial charge in [0, 0.05) is 36.1 Å². The zero-order chi connectivity index (χ0) is 20.5. The summed E-state index contributed by atoms with van der Waals surface area (Å²) in [6.07, 6.45) is 3.50. The monoisotopic (exact) mass is 414 g/mol. The van der Waals surface area contributed by atoms with Crippen LogP contribution in [0.25, 0.3) is 32.9 Å². The lowest BCUT2D eigenvalue weighted by molar-refractivity contribution is -0.121. The van der Waals surface area contributed by atoms with Crippen LogP contribution in [0.5, 0.6) is 0 Å². The number of anilines is 1. The topological polar surface area (TPSA) is 59.0 Å². The molecule has 5 rings (SSSR count). The van der Waals surface area contributed by atoms with Crippen LogP contribution >= 0.6 is 11.3 Å². The van der Waals surface area contributed by atoms with Gasteiger partial charge in [0.2, 0.25) is 0 Å². The number of carbonyl (C=O) groups is 1. The number of Topliss-reactive ketones (excluding diaryl/α,β-unsaturated/α-hetero) is 1. The van der Waals surface area contributed by atoms with Gasteiger partial charge in [0.1, 0.15) is 22.1 Å². The van der Waals surface area contributed by atoms with Gasteiger partial charge in [-0.2, -0.15) is 0 Å². The first kappa shape index (κ1) is 18.9. The SMILES string of the molecule is CC(=O)C1CCN(c2nc(-c3ccccn3)nc3scc(-c4ccccc4)c23)CC1. The summed E-state index contributed by atoms with van der Waals surface area (Å²) in [5.41, 5.74) is 3.10. The summed E-state index contributed by atoms with van der Waals surface area (Å²) in [6, 6.07) is 16.2. The van der Waals surface area contributed by atoms with Crippen molar-refractivity contribution in [1.82, 2.24) is 15.0 Å². The van der Waals surface area contributed by atoms with Crippen LogP contribution in [0.3, 0.4) is 0 Å². The van der Waals surface area contributed by atoms with Gasteiger partial charge >= 0.3 is 0 Å². The molecule has 0 amide bonds. The molecule has 3 aromatic heterocycles. The average molecular weight is 415 g/mol. The Hall–Kier alpha value is -3.12. The van der Waals surface area contributed by atoms with Crippen LogP contribution in [0.4, 0.5) is 5.82 Å². The van der Waals surface area contributed by atoms with Gasteiger partial charge in [0.05, 0.1) is 5.39 Å². The van der Waals surface area contributed by atoms with Crippen molar-refractivity contribution in [3.8, 4) is 22.6 Å². The maximum absolute atomic E-state index is 11.8. The highest BCUT2D eigenvalue weighted by Crippen LogP contribution is 2.40. The predicted octanol–water partition coefficient (Wildman–Crippen LogP) is 5.23. The largest absolute Gasteiger partial charge is 0.356 e. The number of rotatable bonds is 4. The van der Waals surface area contributed by atoms with Crippen LogP contribution in [0.15, 0.2) is 60.1 Å². The smallest absolute Gasteiger partial charge is 0.181 e. The number of nitrogens with zero attached hydrogens (tertiary/aromatic N) is 4. The molecule has 0 saturated carbocycles. The molecule has 0 radical (unpaired) electrons. The molecule has 30 heavy (non-hydrogen) atoms. The fourth-order valence-electron chi connectivity index (χ4n) is 4.09. The summed E-state index contributed by atoms with van der Waals surface area (Å²) in [6.45, 7) is 3.35. The van der Waals surface area contributed by atoms with E-state index in [-0.39, 0.29) is 11.7 Å². The van der Waals surface area contributed by atoms with Crippen molar-refractivity contribution in [2.75, 3.05) is 18.0 Å². The van der Waals surface area contributed by atoms with E-state index in [2.05, 4.69) is 39.5 Å². The van der Waals surface area contributed by atoms with Gasteiger partial charge in [-0.15, -0.1) is 11.3 Å². The highest BCUT2D eigenvalue weighted by atomic mass is 32.1. The Kier molecular flexibility index (Phi) is 5.01. The van der Waals surface area contributed by atoms with E-state index in [1.54, 1.807) is 24.5 Å². The molecule has 0 aliphatic carbocycles. The summed E-state index contributed by atoms with van der Waals surface area (Å²) in [5.74, 6) is 2.04. The number of ketones is 1. The standard InChI is InChI=1S/C24H22N4OS/c1-16(29)17-10-13-28(14-11-17)23-21-19(18-7-3-2-4-8-18)15-30-24(21)27-22(26-23)20-9-5-6-12-25-20/h2-9,12,15,17H,10-11,13-14H2,1H3. The van der Waals surface area contributed by atoms with Gasteiger partial charge in [-0.3, -0.25) is 9.78 Å². The highest BCUT2D eigenvalue weighted by molar-refractivity contribution is 7.17. The lowest BCUT2D eigenvalue weighted by Gasteiger charge is -2.32. The first-order chi connectivity index (χ1) is 14.7. The van der Waals surface area contributed by atoms with Crippen LogP contribution in [0, 0.1) is 5.92 Å². The summed E-state index contributed by atoms with van der Waals surface area (Å²) >= 11 is 1.64. The molecular formula is C24H22N4OS. The molecule has 5 nitrogen and oxygen atoms in total. The van der Waals surface area contributed by atoms with Gasteiger partial charge in [0.25, 0.3) is 0 Å². The fraction of sp³-hybridized carbons (Fsp3) is 0.250. The first-order valence-corrected chi connectivity index (χ1v) is 11.1. The molecule has 6 heteroatoms. The number of aromatic nitrogens is 3. The molecule has 0 spiro atoms. The summed E-state index contributed by atoms with van der Waals surface area (Å²) in [4.78, 5) is 29.4. The Morgan fingerprint density at radius 3 is 2.50 bits per heavy atom. The van der Waals surface area contributed by atoms with Crippen molar-refractivity contribution in [2.24, 2.45) is 5.92 Å². The van der Waals surface area contributed by atoms with Gasteiger partial charge in [-0.05, 0) is 37.5 Å². The van der Waals surface area contributed by atoms with E-state index in [4.69, 9.17) is 9.97 Å². The molecule has 4 aromatic rings. The van der Waals surface area contributed by atoms with Gasteiger partial charge in [-0.1, -0.05) is 36.4 Å². The van der Waals surface area contributed by atoms with Gasteiger partial charge in [-0.25, -0.2) is 9.97 Å². The number of thiophene rings is 1. The minimum Gasteiger partial charge on any atom is -0.356 e. The molecule has 1 aromatic carbocycles. The Bertz CT molecular complexity index is 1180. The number of benzene rings is 1. The molecular weight excluding hydrogens is 392 g/mol. The fourth-order valence-corrected chi connectivity index (χ4v) is 5.03. The van der Waals surface area contributed by atoms with Crippen molar-refractivity contribution in [2.45, 2.75) is 19.8 Å². The second-order valence-corrected chi connectivity index (χ2v) is 8.51. The quantitative estimate of drug-likeness (QED) is 0.458. The first-order valence-electron chi connectivity index (χ1n) is 10.2. The Morgan fingerprint density at radius 1 is 1.03 bits per heavy atom. The molecule has 1 aliphatic rings. The Morgan fingerprint density at radius 2 is 1.80 bits per heavy atom. The lowest BCUT2D eigenvalue weighted by Crippen LogP contribution is -2.36. The van der Waals surface area contributed by atoms with Crippen molar-refractivity contribution >= 4 is 33.2 Å². The van der Waals surface area contributed by atoms with E-state index < -0.39 is 0 Å². The molecule has 0 atom stereocenters. The van der Waals surface area contributed by atoms with E-state index >= 15 is 0 Å². The second-order valence-electron chi connectivity index (χ2n) is 7.65. The van der Waals surface area contributed by atoms with Crippen molar-refractivity contribution in [3.05, 3.63) is 60.1 Å². The molecule has 0 unspecified atom stereocenters. The summed E-state index contributed by atoms with van der Waals surface area (Å²) in [7, 11) is 0. The van der Waals surface area contributed by atoms with Crippen LogP contribution in [0.2, 0.25) is 0 Å². The number of hydrogen-bond acceptors (Lipinski definition) is 6. The number of piperidine rings is 1. The van der Waals surface area contributed by atoms with Gasteiger partial charge in [0.15, 0.2) is 5.82 Å². The molecule has 150 valence electrons. The number of hydrogen-bond donors (Lipinski definition) is 0. The Balaban J connectivity index is 1.65. The van der Waals surface area contributed by atoms with E-state index in [0.29, 0.717) is 5.82 Å². The number of pyridine rings is 1. The molecule has 1 saturated heterocycles. The average Bonchev–Trinajstić information content (AvgIpc) is 3.24. The molecule has 0 bridgehead atoms. The van der Waals surface area contributed by atoms with Crippen LogP contribution < -0.4 is 4.90 Å². The normalized spacial score (nSPS) is 14.9. The van der Waals surface area contributed by atoms with Crippen molar-refractivity contribution in [1.29, 1.82) is 0 Å². The van der Waals surface area contributed by atoms with E-state index in [0.717, 1.165) is 58.8 Å². The predicted molar refractivity (Wildman–Crippen MR) is 122 cm³/mol. The van der Waals surface area contributed by atoms with Gasteiger partial charge < -0.3 is 4.90 Å². The molecule has 0 N–H and O–H groups in total. The van der Waals surface area contributed by atoms with E-state index in [1.807, 2.05) is 24.3 Å². The minimum absolute atomic E-state index is 0.157. The Labute approximate surface area is 179 Å². The minimum atomic E-state index is 0.157. The zero-order valence-electron chi connectivity index (χ0n) is 16.8. The third-order valence-corrected chi connectivity index (χ3v) is 6.63. The van der Waals surface area contributed by atoms with Crippen molar-refractivity contribution in [3.63, 3.8) is 0 Å². The molecule has 1 aliphatic heterocycles. The summed E-state index contributed by atoms with van der Waals surface area (Å²) < 4.78 is 0. The summed E-state index contributed by atoms with van der Waals surface area (Å²) in [5, 5.41) is 3.26. The highest BCUT2D eigenvalue weighted by Gasteiger charge is 2.26. The van der Waals surface area contributed by atoms with E-state index in [1.165, 1.54) is 0 Å². The number of fused-ring (bicyclic) bond motifs is 1. The van der Waals surface area contributed by atoms with Crippen LogP contribution in [0.1, 0.15) is 19.8 Å². The van der Waals surface area contributed by atoms with Crippen LogP contribution in [-0.2, 0) is 4.79 Å². The zero-order valence-corrected chi connectivity index (χ0v) is 17.6. The molecule has 1 fully saturated rings.